The van der Waals surface area contributed by atoms with E-state index in [9.17, 15) is 9.90 Å². The van der Waals surface area contributed by atoms with Gasteiger partial charge in [-0.25, -0.2) is 0 Å². The summed E-state index contributed by atoms with van der Waals surface area (Å²) >= 11 is 5.92. The fraction of sp³-hybridized carbons (Fsp3) is 0.562. The number of carbonyl (C=O) groups excluding carboxylic acids is 1. The van der Waals surface area contributed by atoms with Gasteiger partial charge >= 0.3 is 0 Å². The fourth-order valence-electron chi connectivity index (χ4n) is 2.12. The Labute approximate surface area is 132 Å². The highest BCUT2D eigenvalue weighted by atomic mass is 35.5. The molecule has 5 heteroatoms. The number of rotatable bonds is 8. The van der Waals surface area contributed by atoms with Crippen LogP contribution in [0.2, 0.25) is 5.02 Å². The molecule has 0 saturated heterocycles. The summed E-state index contributed by atoms with van der Waals surface area (Å²) in [5.74, 6) is -0.0249. The molecule has 1 rings (SSSR count). The van der Waals surface area contributed by atoms with Gasteiger partial charge in [0, 0.05) is 18.1 Å². The van der Waals surface area contributed by atoms with Crippen LogP contribution in [0.4, 0.5) is 0 Å². The van der Waals surface area contributed by atoms with E-state index in [-0.39, 0.29) is 5.91 Å². The Bertz CT molecular complexity index is 458. The van der Waals surface area contributed by atoms with Gasteiger partial charge in [0.05, 0.1) is 12.1 Å². The molecule has 0 unspecified atom stereocenters. The normalized spacial score (nSPS) is 11.7. The van der Waals surface area contributed by atoms with E-state index in [1.165, 1.54) is 0 Å². The average Bonchev–Trinajstić information content (AvgIpc) is 2.36. The summed E-state index contributed by atoms with van der Waals surface area (Å²) in [6, 6.07) is 7.63. The van der Waals surface area contributed by atoms with Gasteiger partial charge in [0.2, 0.25) is 5.91 Å². The number of amides is 1. The molecule has 0 bridgehead atoms. The fourth-order valence-corrected chi connectivity index (χ4v) is 2.34. The molecule has 0 spiro atoms. The van der Waals surface area contributed by atoms with Gasteiger partial charge in [-0.05, 0) is 44.5 Å². The van der Waals surface area contributed by atoms with E-state index in [4.69, 9.17) is 11.6 Å². The van der Waals surface area contributed by atoms with Crippen LogP contribution in [0, 0.1) is 0 Å². The Balaban J connectivity index is 2.33. The molecule has 1 aromatic rings. The van der Waals surface area contributed by atoms with E-state index in [0.29, 0.717) is 24.7 Å². The second kappa shape index (κ2) is 8.37. The van der Waals surface area contributed by atoms with Crippen LogP contribution >= 0.6 is 11.6 Å². The maximum Gasteiger partial charge on any atom is 0.234 e. The highest BCUT2D eigenvalue weighted by Gasteiger charge is 2.18. The number of hydrogen-bond donors (Lipinski definition) is 2. The minimum atomic E-state index is -0.795. The molecule has 118 valence electrons. The van der Waals surface area contributed by atoms with Crippen LogP contribution in [0.15, 0.2) is 24.3 Å². The summed E-state index contributed by atoms with van der Waals surface area (Å²) in [6.45, 7) is 7.55. The number of likely N-dealkylation sites (N-methyl/N-ethyl adjacent to an activating group) is 1. The third kappa shape index (κ3) is 8.05. The second-order valence-electron chi connectivity index (χ2n) is 5.85. The summed E-state index contributed by atoms with van der Waals surface area (Å²) in [5.41, 5.74) is 0.309. The molecule has 1 amide bonds. The van der Waals surface area contributed by atoms with Crippen LogP contribution < -0.4 is 5.32 Å². The first-order valence-electron chi connectivity index (χ1n) is 7.26. The van der Waals surface area contributed by atoms with E-state index in [0.717, 1.165) is 18.5 Å². The predicted octanol–water partition coefficient (Wildman–Crippen LogP) is 2.09. The quantitative estimate of drug-likeness (QED) is 0.773. The lowest BCUT2D eigenvalue weighted by molar-refractivity contribution is -0.122. The van der Waals surface area contributed by atoms with Crippen molar-refractivity contribution in [2.24, 2.45) is 0 Å². The topological polar surface area (TPSA) is 52.6 Å². The summed E-state index contributed by atoms with van der Waals surface area (Å²) in [5, 5.41) is 13.4. The van der Waals surface area contributed by atoms with Gasteiger partial charge < -0.3 is 10.4 Å². The molecule has 0 aromatic heterocycles. The smallest absolute Gasteiger partial charge is 0.234 e. The Morgan fingerprint density at radius 2 is 2.14 bits per heavy atom. The number of halogens is 1. The Hall–Kier alpha value is -1.10. The van der Waals surface area contributed by atoms with E-state index in [1.807, 2.05) is 36.1 Å². The first-order chi connectivity index (χ1) is 9.80. The number of nitrogens with one attached hydrogen (secondary N) is 1. The zero-order valence-corrected chi connectivity index (χ0v) is 13.8. The summed E-state index contributed by atoms with van der Waals surface area (Å²) in [7, 11) is 0. The van der Waals surface area contributed by atoms with Gasteiger partial charge in [-0.15, -0.1) is 0 Å². The minimum Gasteiger partial charge on any atom is -0.389 e. The Kier molecular flexibility index (Phi) is 7.15. The first-order valence-corrected chi connectivity index (χ1v) is 7.64. The standard InChI is InChI=1S/C16H25ClN2O2/c1-4-19(12-16(2,3)21)11-15(20)18-9-8-13-6-5-7-14(17)10-13/h5-7,10,21H,4,8-9,11-12H2,1-3H3,(H,18,20). The van der Waals surface area contributed by atoms with Crippen LogP contribution in [0.3, 0.4) is 0 Å². The SMILES string of the molecule is CCN(CC(=O)NCCc1cccc(Cl)c1)CC(C)(C)O. The molecular formula is C16H25ClN2O2. The number of hydrogen-bond acceptors (Lipinski definition) is 3. The third-order valence-corrected chi connectivity index (χ3v) is 3.28. The molecule has 0 saturated carbocycles. The van der Waals surface area contributed by atoms with E-state index < -0.39 is 5.60 Å². The van der Waals surface area contributed by atoms with Crippen molar-refractivity contribution in [3.63, 3.8) is 0 Å². The summed E-state index contributed by atoms with van der Waals surface area (Å²) in [4.78, 5) is 13.8. The maximum absolute atomic E-state index is 11.9. The number of carbonyl (C=O) groups is 1. The van der Waals surface area contributed by atoms with Crippen molar-refractivity contribution in [1.82, 2.24) is 10.2 Å². The van der Waals surface area contributed by atoms with Crippen LogP contribution in [0.1, 0.15) is 26.3 Å². The van der Waals surface area contributed by atoms with Crippen molar-refractivity contribution >= 4 is 17.5 Å². The molecule has 1 aromatic carbocycles. The van der Waals surface area contributed by atoms with Crippen molar-refractivity contribution in [3.8, 4) is 0 Å². The number of aliphatic hydroxyl groups is 1. The number of benzene rings is 1. The predicted molar refractivity (Wildman–Crippen MR) is 86.6 cm³/mol. The number of nitrogens with zero attached hydrogens (tertiary/aromatic N) is 1. The first kappa shape index (κ1) is 18.0. The van der Waals surface area contributed by atoms with Gasteiger partial charge in [0.1, 0.15) is 0 Å². The Morgan fingerprint density at radius 3 is 2.71 bits per heavy atom. The Morgan fingerprint density at radius 1 is 1.43 bits per heavy atom. The van der Waals surface area contributed by atoms with Gasteiger partial charge in [0.25, 0.3) is 0 Å². The van der Waals surface area contributed by atoms with Crippen molar-refractivity contribution in [1.29, 1.82) is 0 Å². The van der Waals surface area contributed by atoms with E-state index in [2.05, 4.69) is 5.32 Å². The zero-order chi connectivity index (χ0) is 15.9. The molecule has 21 heavy (non-hydrogen) atoms. The molecule has 4 nitrogen and oxygen atoms in total. The van der Waals surface area contributed by atoms with E-state index in [1.54, 1.807) is 13.8 Å². The molecule has 0 heterocycles. The van der Waals surface area contributed by atoms with Crippen LogP contribution in [-0.2, 0) is 11.2 Å². The lowest BCUT2D eigenvalue weighted by Gasteiger charge is -2.27. The monoisotopic (exact) mass is 312 g/mol. The molecule has 2 N–H and O–H groups in total. The molecule has 0 aliphatic heterocycles. The average molecular weight is 313 g/mol. The summed E-state index contributed by atoms with van der Waals surface area (Å²) in [6.07, 6.45) is 0.754. The molecule has 0 fully saturated rings. The summed E-state index contributed by atoms with van der Waals surface area (Å²) < 4.78 is 0. The van der Waals surface area contributed by atoms with Crippen LogP contribution in [0.5, 0.6) is 0 Å². The lowest BCUT2D eigenvalue weighted by Crippen LogP contribution is -2.44. The highest BCUT2D eigenvalue weighted by Crippen LogP contribution is 2.10. The second-order valence-corrected chi connectivity index (χ2v) is 6.28. The van der Waals surface area contributed by atoms with Gasteiger partial charge in [-0.3, -0.25) is 9.69 Å². The molecular weight excluding hydrogens is 288 g/mol. The van der Waals surface area contributed by atoms with Gasteiger partial charge in [-0.1, -0.05) is 30.7 Å². The van der Waals surface area contributed by atoms with Crippen molar-refractivity contribution in [2.75, 3.05) is 26.2 Å². The molecule has 0 radical (unpaired) electrons. The lowest BCUT2D eigenvalue weighted by atomic mass is 10.1. The van der Waals surface area contributed by atoms with Crippen molar-refractivity contribution < 1.29 is 9.90 Å². The van der Waals surface area contributed by atoms with Crippen molar-refractivity contribution in [2.45, 2.75) is 32.8 Å². The molecule has 0 aliphatic carbocycles. The minimum absolute atomic E-state index is 0.0249. The van der Waals surface area contributed by atoms with Gasteiger partial charge in [0.15, 0.2) is 0 Å². The van der Waals surface area contributed by atoms with E-state index >= 15 is 0 Å². The third-order valence-electron chi connectivity index (χ3n) is 3.05. The molecule has 0 aliphatic rings. The van der Waals surface area contributed by atoms with Gasteiger partial charge in [-0.2, -0.15) is 0 Å². The maximum atomic E-state index is 11.9. The molecule has 0 atom stereocenters. The zero-order valence-electron chi connectivity index (χ0n) is 13.0. The van der Waals surface area contributed by atoms with Crippen LogP contribution in [0.25, 0.3) is 0 Å². The van der Waals surface area contributed by atoms with Crippen molar-refractivity contribution in [3.05, 3.63) is 34.9 Å². The van der Waals surface area contributed by atoms with Crippen LogP contribution in [-0.4, -0.2) is 47.7 Å². The highest BCUT2D eigenvalue weighted by molar-refractivity contribution is 6.30. The largest absolute Gasteiger partial charge is 0.389 e.